The van der Waals surface area contributed by atoms with Gasteiger partial charge >= 0.3 is 0 Å². The van der Waals surface area contributed by atoms with Gasteiger partial charge in [0.1, 0.15) is 0 Å². The zero-order valence-electron chi connectivity index (χ0n) is 5.09. The van der Waals surface area contributed by atoms with Crippen molar-refractivity contribution in [3.8, 4) is 0 Å². The zero-order valence-corrected chi connectivity index (χ0v) is 5.09. The normalized spacial score (nSPS) is 9.88. The molecule has 0 aromatic carbocycles. The molecule has 1 atom stereocenters. The molecule has 0 heterocycles. The third-order valence-corrected chi connectivity index (χ3v) is 0.264. The first-order valence-corrected chi connectivity index (χ1v) is 2.06. The predicted molar refractivity (Wildman–Crippen MR) is 33.6 cm³/mol. The largest absolute Gasteiger partial charge is 0.412 e. The van der Waals surface area contributed by atoms with E-state index >= 15 is 0 Å². The van der Waals surface area contributed by atoms with E-state index in [2.05, 4.69) is 13.2 Å². The van der Waals surface area contributed by atoms with Crippen LogP contribution in [0, 0.1) is 0 Å². The molecule has 0 saturated carbocycles. The summed E-state index contributed by atoms with van der Waals surface area (Å²) in [4.78, 5) is 0. The van der Waals surface area contributed by atoms with Crippen LogP contribution in [0.5, 0.6) is 0 Å². The highest BCUT2D eigenvalue weighted by Crippen LogP contribution is 1.68. The quantitative estimate of drug-likeness (QED) is 0.453. The minimum absolute atomic E-state index is 0. The molecule has 0 aliphatic heterocycles. The molecule has 0 aromatic rings. The molecule has 1 unspecified atom stereocenters. The highest BCUT2D eigenvalue weighted by Gasteiger charge is 1.83. The lowest BCUT2D eigenvalue weighted by Gasteiger charge is -1.90. The molecule has 0 aliphatic carbocycles. The first kappa shape index (κ1) is 15.6. The summed E-state index contributed by atoms with van der Waals surface area (Å²) in [6, 6.07) is 0. The van der Waals surface area contributed by atoms with Gasteiger partial charge in [-0.3, -0.25) is 0 Å². The van der Waals surface area contributed by atoms with Crippen molar-refractivity contribution >= 4 is 0 Å². The molecule has 4 N–H and O–H groups in total. The van der Waals surface area contributed by atoms with Crippen molar-refractivity contribution in [3.63, 3.8) is 0 Å². The van der Waals surface area contributed by atoms with E-state index in [1.165, 1.54) is 6.92 Å². The Morgan fingerprint density at radius 1 is 1.50 bits per heavy atom. The lowest BCUT2D eigenvalue weighted by molar-refractivity contribution is 0.110. The van der Waals surface area contributed by atoms with Crippen LogP contribution >= 0.6 is 0 Å². The lowest BCUT2D eigenvalue weighted by atomic mass is 10.5. The Hall–Kier alpha value is -0.380. The summed E-state index contributed by atoms with van der Waals surface area (Å²) in [7, 11) is 0. The van der Waals surface area contributed by atoms with E-state index < -0.39 is 6.10 Å². The summed E-state index contributed by atoms with van der Waals surface area (Å²) in [5, 5.41) is 16.0. The summed E-state index contributed by atoms with van der Waals surface area (Å²) in [6.45, 7) is 7.39. The molecule has 0 aliphatic rings. The van der Waals surface area contributed by atoms with Gasteiger partial charge in [-0.05, 0) is 6.92 Å². The van der Waals surface area contributed by atoms with E-state index in [9.17, 15) is 0 Å². The molecule has 0 bridgehead atoms. The van der Waals surface area contributed by atoms with Gasteiger partial charge in [-0.2, -0.15) is 0 Å². The average Bonchev–Trinajstić information content (AvgIpc) is 1.73. The van der Waals surface area contributed by atoms with Crippen molar-refractivity contribution in [2.75, 3.05) is 6.61 Å². The molecule has 0 spiro atoms. The van der Waals surface area contributed by atoms with Gasteiger partial charge in [-0.15, -0.1) is 13.2 Å². The summed E-state index contributed by atoms with van der Waals surface area (Å²) >= 11 is 0. The molecule has 3 heteroatoms. The third-order valence-electron chi connectivity index (χ3n) is 0.264. The van der Waals surface area contributed by atoms with Crippen LogP contribution in [-0.4, -0.2) is 28.4 Å². The first-order valence-electron chi connectivity index (χ1n) is 2.06. The molecule has 52 valence electrons. The van der Waals surface area contributed by atoms with Crippen LogP contribution in [0.4, 0.5) is 0 Å². The predicted octanol–water partition coefficient (Wildman–Crippen LogP) is -0.663. The topological polar surface area (TPSA) is 72.0 Å². The number of rotatable bonds is 1. The summed E-state index contributed by atoms with van der Waals surface area (Å²) in [5.41, 5.74) is 0. The Kier molecular flexibility index (Phi) is 31.2. The van der Waals surface area contributed by atoms with Gasteiger partial charge < -0.3 is 15.7 Å². The monoisotopic (exact) mass is 122 g/mol. The fraction of sp³-hybridized carbons (Fsp3) is 0.600. The smallest absolute Gasteiger partial charge is 0.0742 e. The van der Waals surface area contributed by atoms with Crippen molar-refractivity contribution in [1.29, 1.82) is 0 Å². The van der Waals surface area contributed by atoms with E-state index in [4.69, 9.17) is 10.2 Å². The molecule has 8 heavy (non-hydrogen) atoms. The van der Waals surface area contributed by atoms with Crippen LogP contribution in [0.3, 0.4) is 0 Å². The van der Waals surface area contributed by atoms with E-state index in [0.29, 0.717) is 0 Å². The van der Waals surface area contributed by atoms with Crippen LogP contribution in [0.25, 0.3) is 0 Å². The number of hydrogen-bond donors (Lipinski definition) is 2. The van der Waals surface area contributed by atoms with Crippen LogP contribution in [0.1, 0.15) is 6.92 Å². The number of hydrogen-bond acceptors (Lipinski definition) is 2. The van der Waals surface area contributed by atoms with Gasteiger partial charge in [0.2, 0.25) is 0 Å². The van der Waals surface area contributed by atoms with Crippen LogP contribution in [0.2, 0.25) is 0 Å². The van der Waals surface area contributed by atoms with Crippen molar-refractivity contribution in [3.05, 3.63) is 13.2 Å². The first-order chi connectivity index (χ1) is 3.27. The number of aliphatic hydroxyl groups excluding tert-OH is 2. The SMILES string of the molecule is C=C.CC(O)CO.O. The third kappa shape index (κ3) is 45.7. The van der Waals surface area contributed by atoms with E-state index in [1.54, 1.807) is 0 Å². The van der Waals surface area contributed by atoms with Crippen LogP contribution in [0.15, 0.2) is 13.2 Å². The Labute approximate surface area is 49.6 Å². The second-order valence-electron chi connectivity index (χ2n) is 1.03. The second kappa shape index (κ2) is 16.0. The maximum absolute atomic E-state index is 8.11. The second-order valence-corrected chi connectivity index (χ2v) is 1.03. The van der Waals surface area contributed by atoms with Gasteiger partial charge in [0.25, 0.3) is 0 Å². The van der Waals surface area contributed by atoms with Crippen molar-refractivity contribution in [1.82, 2.24) is 0 Å². The molecule has 0 radical (unpaired) electrons. The fourth-order valence-electron chi connectivity index (χ4n) is 0. The summed E-state index contributed by atoms with van der Waals surface area (Å²) in [6.07, 6.45) is -0.560. The van der Waals surface area contributed by atoms with Crippen LogP contribution in [-0.2, 0) is 0 Å². The molecular formula is C5H14O3. The van der Waals surface area contributed by atoms with Gasteiger partial charge in [-0.1, -0.05) is 0 Å². The van der Waals surface area contributed by atoms with E-state index in [-0.39, 0.29) is 12.1 Å². The Morgan fingerprint density at radius 2 is 1.62 bits per heavy atom. The van der Waals surface area contributed by atoms with Crippen molar-refractivity contribution in [2.45, 2.75) is 13.0 Å². The number of aliphatic hydroxyl groups is 2. The zero-order chi connectivity index (χ0) is 6.28. The van der Waals surface area contributed by atoms with Crippen molar-refractivity contribution in [2.24, 2.45) is 0 Å². The highest BCUT2D eigenvalue weighted by atomic mass is 16.3. The molecule has 0 saturated heterocycles. The minimum Gasteiger partial charge on any atom is -0.412 e. The van der Waals surface area contributed by atoms with E-state index in [0.717, 1.165) is 0 Å². The maximum atomic E-state index is 8.11. The molecule has 0 fully saturated rings. The highest BCUT2D eigenvalue weighted by molar-refractivity contribution is 4.34. The lowest BCUT2D eigenvalue weighted by Crippen LogP contribution is -2.03. The Morgan fingerprint density at radius 3 is 1.62 bits per heavy atom. The minimum atomic E-state index is -0.560. The summed E-state index contributed by atoms with van der Waals surface area (Å²) < 4.78 is 0. The molecular weight excluding hydrogens is 108 g/mol. The Bertz CT molecular complexity index is 28.9. The fourth-order valence-corrected chi connectivity index (χ4v) is 0. The molecule has 0 rings (SSSR count). The molecule has 0 aromatic heterocycles. The van der Waals surface area contributed by atoms with Gasteiger partial charge in [0.05, 0.1) is 12.7 Å². The Balaban J connectivity index is -0.0000000750. The van der Waals surface area contributed by atoms with Crippen LogP contribution < -0.4 is 0 Å². The molecule has 3 nitrogen and oxygen atoms in total. The van der Waals surface area contributed by atoms with Gasteiger partial charge in [0, 0.05) is 0 Å². The van der Waals surface area contributed by atoms with E-state index in [1.807, 2.05) is 0 Å². The van der Waals surface area contributed by atoms with Gasteiger partial charge in [-0.25, -0.2) is 0 Å². The average molecular weight is 122 g/mol. The van der Waals surface area contributed by atoms with Crippen molar-refractivity contribution < 1.29 is 15.7 Å². The molecule has 0 amide bonds. The van der Waals surface area contributed by atoms with Gasteiger partial charge in [0.15, 0.2) is 0 Å². The standard InChI is InChI=1S/C3H8O2.C2H4.H2O/c1-3(5)2-4;1-2;/h3-5H,2H2,1H3;1-2H2;1H2. The maximum Gasteiger partial charge on any atom is 0.0742 e. The summed E-state index contributed by atoms with van der Waals surface area (Å²) in [5.74, 6) is 0.